The van der Waals surface area contributed by atoms with E-state index in [0.29, 0.717) is 13.0 Å². The van der Waals surface area contributed by atoms with Crippen LogP contribution in [-0.4, -0.2) is 25.5 Å². The quantitative estimate of drug-likeness (QED) is 0.401. The normalized spacial score (nSPS) is 11.4. The van der Waals surface area contributed by atoms with E-state index >= 15 is 0 Å². The molecular weight excluding hydrogens is 212 g/mol. The molecule has 0 heterocycles. The molecule has 0 aliphatic rings. The van der Waals surface area contributed by atoms with Crippen molar-refractivity contribution in [3.63, 3.8) is 0 Å². The van der Waals surface area contributed by atoms with E-state index in [1.165, 1.54) is 0 Å². The van der Waals surface area contributed by atoms with Gasteiger partial charge >= 0.3 is 0 Å². The molecule has 3 heteroatoms. The van der Waals surface area contributed by atoms with Crippen molar-refractivity contribution < 1.29 is 4.79 Å². The fourth-order valence-electron chi connectivity index (χ4n) is 1.16. The maximum Gasteiger partial charge on any atom is 0.243 e. The Morgan fingerprint density at radius 2 is 2.12 bits per heavy atom. The van der Waals surface area contributed by atoms with E-state index < -0.39 is 0 Å². The number of hydrogen-bond donors (Lipinski definition) is 2. The summed E-state index contributed by atoms with van der Waals surface area (Å²) < 4.78 is 0. The Hall–Kier alpha value is -1.27. The maximum absolute atomic E-state index is 11.3. The van der Waals surface area contributed by atoms with Crippen molar-refractivity contribution in [2.75, 3.05) is 19.6 Å². The summed E-state index contributed by atoms with van der Waals surface area (Å²) in [6.07, 6.45) is 10.0. The molecule has 0 unspecified atom stereocenters. The van der Waals surface area contributed by atoms with Gasteiger partial charge in [-0.05, 0) is 11.8 Å². The monoisotopic (exact) mass is 236 g/mol. The minimum absolute atomic E-state index is 0.0559. The first-order valence-corrected chi connectivity index (χ1v) is 6.04. The summed E-state index contributed by atoms with van der Waals surface area (Å²) in [6, 6.07) is 0. The van der Waals surface area contributed by atoms with Crippen LogP contribution in [0.2, 0.25) is 0 Å². The van der Waals surface area contributed by atoms with Crippen LogP contribution in [-0.2, 0) is 4.79 Å². The second-order valence-corrected chi connectivity index (χ2v) is 5.19. The molecule has 0 aromatic carbocycles. The average molecular weight is 236 g/mol. The SMILES string of the molecule is C#CCCCNC(=O)/C=C/CNCC(C)(C)C. The Balaban J connectivity index is 3.51. The molecule has 0 atom stereocenters. The number of amides is 1. The number of unbranched alkanes of at least 4 members (excludes halogenated alkanes) is 1. The Kier molecular flexibility index (Phi) is 8.17. The summed E-state index contributed by atoms with van der Waals surface area (Å²) in [5.74, 6) is 2.48. The third kappa shape index (κ3) is 12.7. The van der Waals surface area contributed by atoms with Crippen molar-refractivity contribution in [1.29, 1.82) is 0 Å². The van der Waals surface area contributed by atoms with E-state index in [2.05, 4.69) is 37.3 Å². The molecule has 0 rings (SSSR count). The maximum atomic E-state index is 11.3. The van der Waals surface area contributed by atoms with E-state index in [1.807, 2.05) is 6.08 Å². The van der Waals surface area contributed by atoms with Gasteiger partial charge in [-0.2, -0.15) is 0 Å². The highest BCUT2D eigenvalue weighted by Gasteiger charge is 2.07. The van der Waals surface area contributed by atoms with Crippen molar-refractivity contribution >= 4 is 5.91 Å². The Morgan fingerprint density at radius 3 is 2.71 bits per heavy atom. The Morgan fingerprint density at radius 1 is 1.41 bits per heavy atom. The summed E-state index contributed by atoms with van der Waals surface area (Å²) in [4.78, 5) is 11.3. The second kappa shape index (κ2) is 8.83. The van der Waals surface area contributed by atoms with Crippen LogP contribution >= 0.6 is 0 Å². The molecule has 0 aromatic heterocycles. The smallest absolute Gasteiger partial charge is 0.243 e. The molecule has 0 radical (unpaired) electrons. The molecule has 0 aliphatic carbocycles. The van der Waals surface area contributed by atoms with Crippen LogP contribution in [0.3, 0.4) is 0 Å². The highest BCUT2D eigenvalue weighted by Crippen LogP contribution is 2.09. The lowest BCUT2D eigenvalue weighted by Gasteiger charge is -2.17. The van der Waals surface area contributed by atoms with Crippen LogP contribution in [0.15, 0.2) is 12.2 Å². The van der Waals surface area contributed by atoms with Gasteiger partial charge in [0.1, 0.15) is 0 Å². The van der Waals surface area contributed by atoms with E-state index in [4.69, 9.17) is 6.42 Å². The molecule has 0 saturated carbocycles. The van der Waals surface area contributed by atoms with Crippen LogP contribution in [0.1, 0.15) is 33.6 Å². The van der Waals surface area contributed by atoms with E-state index in [-0.39, 0.29) is 11.3 Å². The third-order valence-electron chi connectivity index (χ3n) is 1.98. The van der Waals surface area contributed by atoms with Crippen molar-refractivity contribution in [3.05, 3.63) is 12.2 Å². The minimum atomic E-state index is -0.0559. The first-order valence-electron chi connectivity index (χ1n) is 6.04. The lowest BCUT2D eigenvalue weighted by molar-refractivity contribution is -0.116. The van der Waals surface area contributed by atoms with E-state index in [0.717, 1.165) is 19.5 Å². The van der Waals surface area contributed by atoms with Gasteiger partial charge in [0.2, 0.25) is 5.91 Å². The molecule has 3 nitrogen and oxygen atoms in total. The molecule has 0 saturated heterocycles. The zero-order chi connectivity index (χ0) is 13.1. The topological polar surface area (TPSA) is 41.1 Å². The van der Waals surface area contributed by atoms with Gasteiger partial charge in [-0.1, -0.05) is 26.8 Å². The zero-order valence-electron chi connectivity index (χ0n) is 11.2. The third-order valence-corrected chi connectivity index (χ3v) is 1.98. The number of hydrogen-bond acceptors (Lipinski definition) is 2. The highest BCUT2D eigenvalue weighted by molar-refractivity contribution is 5.87. The van der Waals surface area contributed by atoms with Crippen molar-refractivity contribution in [2.45, 2.75) is 33.6 Å². The fraction of sp³-hybridized carbons (Fsp3) is 0.643. The van der Waals surface area contributed by atoms with E-state index in [9.17, 15) is 4.79 Å². The molecule has 0 spiro atoms. The Labute approximate surface area is 105 Å². The van der Waals surface area contributed by atoms with Gasteiger partial charge in [0.25, 0.3) is 0 Å². The summed E-state index contributed by atoms with van der Waals surface area (Å²) in [7, 11) is 0. The predicted octanol–water partition coefficient (Wildman–Crippen LogP) is 1.71. The van der Waals surface area contributed by atoms with Crippen LogP contribution in [0.25, 0.3) is 0 Å². The first kappa shape index (κ1) is 15.7. The largest absolute Gasteiger partial charge is 0.353 e. The molecular formula is C14H24N2O. The van der Waals surface area contributed by atoms with Gasteiger partial charge in [-0.3, -0.25) is 4.79 Å². The van der Waals surface area contributed by atoms with Crippen LogP contribution in [0.4, 0.5) is 0 Å². The summed E-state index contributed by atoms with van der Waals surface area (Å²) >= 11 is 0. The van der Waals surface area contributed by atoms with E-state index in [1.54, 1.807) is 6.08 Å². The number of nitrogens with one attached hydrogen (secondary N) is 2. The second-order valence-electron chi connectivity index (χ2n) is 5.19. The van der Waals surface area contributed by atoms with Crippen LogP contribution < -0.4 is 10.6 Å². The van der Waals surface area contributed by atoms with Gasteiger partial charge in [0.15, 0.2) is 0 Å². The van der Waals surface area contributed by atoms with Gasteiger partial charge in [-0.15, -0.1) is 12.3 Å². The molecule has 0 aliphatic heterocycles. The number of rotatable bonds is 7. The average Bonchev–Trinajstić information content (AvgIpc) is 2.22. The number of carbonyl (C=O) groups is 1. The number of carbonyl (C=O) groups excluding carboxylic acids is 1. The van der Waals surface area contributed by atoms with Gasteiger partial charge in [0, 0.05) is 32.1 Å². The first-order chi connectivity index (χ1) is 7.95. The minimum Gasteiger partial charge on any atom is -0.353 e. The molecule has 2 N–H and O–H groups in total. The van der Waals surface area contributed by atoms with Crippen LogP contribution in [0, 0.1) is 17.8 Å². The molecule has 1 amide bonds. The van der Waals surface area contributed by atoms with Crippen LogP contribution in [0.5, 0.6) is 0 Å². The standard InChI is InChI=1S/C14H24N2O/c1-5-6-7-11-16-13(17)9-8-10-15-12-14(2,3)4/h1,8-9,15H,6-7,10-12H2,2-4H3,(H,16,17)/b9-8+. The zero-order valence-corrected chi connectivity index (χ0v) is 11.2. The van der Waals surface area contributed by atoms with Crippen molar-refractivity contribution in [2.24, 2.45) is 5.41 Å². The van der Waals surface area contributed by atoms with Gasteiger partial charge < -0.3 is 10.6 Å². The Bertz CT molecular complexity index is 282. The fourth-order valence-corrected chi connectivity index (χ4v) is 1.16. The summed E-state index contributed by atoms with van der Waals surface area (Å²) in [5, 5.41) is 6.04. The van der Waals surface area contributed by atoms with Gasteiger partial charge in [-0.25, -0.2) is 0 Å². The van der Waals surface area contributed by atoms with Gasteiger partial charge in [0.05, 0.1) is 0 Å². The molecule has 17 heavy (non-hydrogen) atoms. The molecule has 0 aromatic rings. The molecule has 0 fully saturated rings. The summed E-state index contributed by atoms with van der Waals surface area (Å²) in [6.45, 7) is 8.80. The molecule has 0 bridgehead atoms. The molecule has 96 valence electrons. The lowest BCUT2D eigenvalue weighted by atomic mass is 9.97. The van der Waals surface area contributed by atoms with Crippen molar-refractivity contribution in [1.82, 2.24) is 10.6 Å². The summed E-state index contributed by atoms with van der Waals surface area (Å²) in [5.41, 5.74) is 0.269. The van der Waals surface area contributed by atoms with Crippen molar-refractivity contribution in [3.8, 4) is 12.3 Å². The lowest BCUT2D eigenvalue weighted by Crippen LogP contribution is -2.27. The highest BCUT2D eigenvalue weighted by atomic mass is 16.1. The predicted molar refractivity (Wildman–Crippen MR) is 72.5 cm³/mol. The number of terminal acetylenes is 1.